The van der Waals surface area contributed by atoms with E-state index in [0.29, 0.717) is 6.07 Å². The van der Waals surface area contributed by atoms with Crippen LogP contribution in [0.2, 0.25) is 0 Å². The smallest absolute Gasteiger partial charge is 0.304 e. The third-order valence-electron chi connectivity index (χ3n) is 2.70. The topological polar surface area (TPSA) is 254 Å². The number of rotatable bonds is 3. The first-order valence-electron chi connectivity index (χ1n) is 6.92. The van der Waals surface area contributed by atoms with E-state index in [0.717, 1.165) is 30.3 Å². The first-order valence-corrected chi connectivity index (χ1v) is 10.8. The number of nitriles is 1. The lowest BCUT2D eigenvalue weighted by molar-refractivity contribution is -0.387. The van der Waals surface area contributed by atoms with Gasteiger partial charge in [-0.2, -0.15) is 9.65 Å². The molecule has 12 nitrogen and oxygen atoms in total. The molecular weight excluding hydrogens is 488 g/mol. The summed E-state index contributed by atoms with van der Waals surface area (Å²) in [5, 5.41) is 22.2. The summed E-state index contributed by atoms with van der Waals surface area (Å²) in [7, 11) is -2.95. The predicted molar refractivity (Wildman–Crippen MR) is 108 cm³/mol. The third kappa shape index (κ3) is 11.1. The number of nitro benzene ring substituents is 1. The van der Waals surface area contributed by atoms with E-state index in [1.165, 1.54) is 6.92 Å². The predicted octanol–water partition coefficient (Wildman–Crippen LogP) is 1.58. The Bertz CT molecular complexity index is 1160. The van der Waals surface area contributed by atoms with Crippen molar-refractivity contribution in [3.05, 3.63) is 58.1 Å². The molecule has 9 N–H and O–H groups in total. The monoisotopic (exact) mass is 505 g/mol. The minimum atomic E-state index is -4.03. The third-order valence-corrected chi connectivity index (χ3v) is 4.96. The summed E-state index contributed by atoms with van der Waals surface area (Å²) in [6, 6.07) is 6.93. The molecule has 0 atom stereocenters. The van der Waals surface area contributed by atoms with Gasteiger partial charge in [0.25, 0.3) is 9.05 Å². The van der Waals surface area contributed by atoms with E-state index in [9.17, 15) is 35.7 Å². The molecule has 0 fully saturated rings. The molecule has 17 heteroatoms. The molecule has 0 aliphatic carbocycles. The first kappa shape index (κ1) is 32.7. The molecule has 0 unspecified atom stereocenters. The van der Waals surface area contributed by atoms with Crippen molar-refractivity contribution in [1.82, 2.24) is 6.15 Å². The summed E-state index contributed by atoms with van der Waals surface area (Å²) in [6.45, 7) is 1.43. The molecule has 31 heavy (non-hydrogen) atoms. The van der Waals surface area contributed by atoms with Crippen molar-refractivity contribution in [3.8, 4) is 6.07 Å². The highest BCUT2D eigenvalue weighted by atomic mass is 35.7. The Labute approximate surface area is 180 Å². The molecule has 0 radical (unpaired) electrons. The molecule has 0 spiro atoms. The van der Waals surface area contributed by atoms with Gasteiger partial charge in [0.05, 0.1) is 26.5 Å². The number of halogens is 3. The van der Waals surface area contributed by atoms with Gasteiger partial charge in [-0.15, -0.1) is 0 Å². The number of nitrogen functional groups attached to an aromatic ring is 1. The number of nitrogens with zero attached hydrogens (tertiary/aromatic N) is 2. The Hall–Kier alpha value is -2.94. The minimum absolute atomic E-state index is 0. The molecule has 2 rings (SSSR count). The zero-order valence-electron chi connectivity index (χ0n) is 15.6. The van der Waals surface area contributed by atoms with Crippen LogP contribution < -0.4 is 17.0 Å². The Balaban J connectivity index is -0.000000427. The van der Waals surface area contributed by atoms with Gasteiger partial charge in [-0.05, 0) is 24.3 Å². The number of hydrogen-bond acceptors (Lipinski definition) is 9. The van der Waals surface area contributed by atoms with Crippen LogP contribution in [0.15, 0.2) is 46.2 Å². The molecule has 0 heterocycles. The molecule has 0 aliphatic heterocycles. The van der Waals surface area contributed by atoms with Gasteiger partial charge < -0.3 is 17.4 Å². The van der Waals surface area contributed by atoms with Gasteiger partial charge in [-0.1, -0.05) is 0 Å². The van der Waals surface area contributed by atoms with Gasteiger partial charge >= 0.3 is 5.69 Å². The van der Waals surface area contributed by atoms with Crippen molar-refractivity contribution in [2.45, 2.75) is 16.7 Å². The molecular formula is C14H18ClF2N5O7S2. The number of nitrogens with two attached hydrogens (primary N) is 2. The molecule has 0 saturated carbocycles. The van der Waals surface area contributed by atoms with Gasteiger partial charge in [0.1, 0.15) is 5.82 Å². The highest BCUT2D eigenvalue weighted by Crippen LogP contribution is 2.20. The Morgan fingerprint density at radius 1 is 1.06 bits per heavy atom. The van der Waals surface area contributed by atoms with Crippen LogP contribution in [0.5, 0.6) is 0 Å². The Morgan fingerprint density at radius 2 is 1.48 bits per heavy atom. The van der Waals surface area contributed by atoms with E-state index >= 15 is 0 Å². The SMILES string of the molecule is CC#N.N.NS(=O)(=O)c1ccc([N+](=O)[O-])c(F)c1.Nc1ccc(S(=O)(=O)Cl)cc1F.O. The maximum atomic E-state index is 12.9. The first-order chi connectivity index (χ1) is 13.1. The maximum absolute atomic E-state index is 12.9. The summed E-state index contributed by atoms with van der Waals surface area (Å²) in [5.41, 5.74) is 4.21. The molecule has 174 valence electrons. The Morgan fingerprint density at radius 3 is 1.81 bits per heavy atom. The van der Waals surface area contributed by atoms with Crippen molar-refractivity contribution >= 4 is 41.1 Å². The van der Waals surface area contributed by atoms with Crippen molar-refractivity contribution in [1.29, 1.82) is 5.26 Å². The second-order valence-electron chi connectivity index (χ2n) is 4.76. The lowest BCUT2D eigenvalue weighted by atomic mass is 10.3. The van der Waals surface area contributed by atoms with E-state index in [2.05, 4.69) is 5.14 Å². The molecule has 0 saturated heterocycles. The van der Waals surface area contributed by atoms with Crippen molar-refractivity contribution < 1.29 is 36.0 Å². The second-order valence-corrected chi connectivity index (χ2v) is 8.89. The zero-order chi connectivity index (χ0) is 23.0. The van der Waals surface area contributed by atoms with Crippen LogP contribution in [0, 0.1) is 33.1 Å². The van der Waals surface area contributed by atoms with Crippen LogP contribution in [0.3, 0.4) is 0 Å². The largest absolute Gasteiger partial charge is 0.412 e. The van der Waals surface area contributed by atoms with Crippen LogP contribution in [0.25, 0.3) is 0 Å². The van der Waals surface area contributed by atoms with Crippen LogP contribution in [0.4, 0.5) is 20.2 Å². The standard InChI is InChI=1S/C6H5ClFNO2S.C6H5FN2O4S.C2H3N.H3N.H2O/c7-12(10,11)4-1-2-6(9)5(8)3-4;7-5-3-4(14(8,12)13)1-2-6(5)9(10)11;1-2-3;;/h1-3H,9H2;1-3H,(H2,8,12,13);1H3;1H3;1H2. The maximum Gasteiger partial charge on any atom is 0.304 e. The molecule has 0 aromatic heterocycles. The fourth-order valence-electron chi connectivity index (χ4n) is 1.47. The van der Waals surface area contributed by atoms with Gasteiger partial charge in [0, 0.05) is 29.7 Å². The summed E-state index contributed by atoms with van der Waals surface area (Å²) in [4.78, 5) is 8.42. The quantitative estimate of drug-likeness (QED) is 0.236. The molecule has 0 amide bonds. The number of anilines is 1. The lowest BCUT2D eigenvalue weighted by Gasteiger charge is -1.98. The minimum Gasteiger partial charge on any atom is -0.412 e. The average molecular weight is 506 g/mol. The van der Waals surface area contributed by atoms with E-state index in [1.54, 1.807) is 6.07 Å². The number of primary sulfonamides is 1. The Kier molecular flexibility index (Phi) is 14.1. The van der Waals surface area contributed by atoms with Gasteiger partial charge in [0.2, 0.25) is 15.8 Å². The normalized spacial score (nSPS) is 9.81. The van der Waals surface area contributed by atoms with Crippen LogP contribution >= 0.6 is 10.7 Å². The number of nitro groups is 1. The second kappa shape index (κ2) is 13.4. The highest BCUT2D eigenvalue weighted by molar-refractivity contribution is 8.13. The van der Waals surface area contributed by atoms with Gasteiger partial charge in [-0.25, -0.2) is 26.4 Å². The fraction of sp³-hybridized carbons (Fsp3) is 0.0714. The molecule has 2 aromatic carbocycles. The lowest BCUT2D eigenvalue weighted by Crippen LogP contribution is -2.12. The summed E-state index contributed by atoms with van der Waals surface area (Å²) < 4.78 is 68.3. The molecule has 0 aliphatic rings. The van der Waals surface area contributed by atoms with E-state index in [4.69, 9.17) is 21.7 Å². The molecule has 2 aromatic rings. The van der Waals surface area contributed by atoms with Crippen LogP contribution in [0.1, 0.15) is 6.92 Å². The summed E-state index contributed by atoms with van der Waals surface area (Å²) >= 11 is 0. The van der Waals surface area contributed by atoms with Gasteiger partial charge in [0.15, 0.2) is 0 Å². The van der Waals surface area contributed by atoms with Crippen molar-refractivity contribution in [2.24, 2.45) is 5.14 Å². The van der Waals surface area contributed by atoms with Crippen LogP contribution in [-0.2, 0) is 19.1 Å². The van der Waals surface area contributed by atoms with E-state index in [1.807, 2.05) is 0 Å². The van der Waals surface area contributed by atoms with Crippen molar-refractivity contribution in [2.75, 3.05) is 5.73 Å². The van der Waals surface area contributed by atoms with Crippen molar-refractivity contribution in [3.63, 3.8) is 0 Å². The number of sulfonamides is 1. The summed E-state index contributed by atoms with van der Waals surface area (Å²) in [6.07, 6.45) is 0. The zero-order valence-corrected chi connectivity index (χ0v) is 18.0. The number of benzene rings is 2. The van der Waals surface area contributed by atoms with E-state index in [-0.39, 0.29) is 22.2 Å². The highest BCUT2D eigenvalue weighted by Gasteiger charge is 2.17. The fourth-order valence-corrected chi connectivity index (χ4v) is 2.76. The average Bonchev–Trinajstić information content (AvgIpc) is 2.56. The number of hydrogen-bond donors (Lipinski definition) is 3. The molecule has 0 bridgehead atoms. The summed E-state index contributed by atoms with van der Waals surface area (Å²) in [5.74, 6) is -2.03. The van der Waals surface area contributed by atoms with Gasteiger partial charge in [-0.3, -0.25) is 10.1 Å². The van der Waals surface area contributed by atoms with E-state index < -0.39 is 46.2 Å². The van der Waals surface area contributed by atoms with Crippen LogP contribution in [-0.4, -0.2) is 27.2 Å².